The zero-order chi connectivity index (χ0) is 18.2. The summed E-state index contributed by atoms with van der Waals surface area (Å²) in [5.74, 6) is -1.49. The van der Waals surface area contributed by atoms with Crippen molar-refractivity contribution >= 4 is 17.5 Å². The molecule has 0 saturated carbocycles. The van der Waals surface area contributed by atoms with Crippen molar-refractivity contribution in [3.8, 4) is 0 Å². The lowest BCUT2D eigenvalue weighted by Crippen LogP contribution is -2.41. The lowest BCUT2D eigenvalue weighted by atomic mass is 10.1. The standard InChI is InChI=1S/C19H23N3O3/c1-22(2)16-10-8-15(9-11-16)17(23)13-21-19(25)18(24)20-12-14-6-4-3-5-7-14/h3-11,17,23H,12-13H2,1-2H3,(H,20,24)(H,21,25)/t17-/m1/s1. The van der Waals surface area contributed by atoms with Gasteiger partial charge in [0.15, 0.2) is 0 Å². The Balaban J connectivity index is 1.79. The van der Waals surface area contributed by atoms with Crippen LogP contribution < -0.4 is 15.5 Å². The fourth-order valence-electron chi connectivity index (χ4n) is 2.24. The van der Waals surface area contributed by atoms with E-state index < -0.39 is 17.9 Å². The summed E-state index contributed by atoms with van der Waals surface area (Å²) in [4.78, 5) is 25.5. The van der Waals surface area contributed by atoms with E-state index in [1.165, 1.54) is 0 Å². The van der Waals surface area contributed by atoms with Crippen molar-refractivity contribution in [2.75, 3.05) is 25.5 Å². The third-order valence-electron chi connectivity index (χ3n) is 3.75. The Bertz CT molecular complexity index is 700. The first-order chi connectivity index (χ1) is 12.0. The molecule has 0 spiro atoms. The van der Waals surface area contributed by atoms with Crippen LogP contribution in [0.5, 0.6) is 0 Å². The van der Waals surface area contributed by atoms with Gasteiger partial charge < -0.3 is 20.6 Å². The third-order valence-corrected chi connectivity index (χ3v) is 3.75. The van der Waals surface area contributed by atoms with Crippen molar-refractivity contribution < 1.29 is 14.7 Å². The Morgan fingerprint density at radius 1 is 0.960 bits per heavy atom. The number of aliphatic hydroxyl groups excluding tert-OH is 1. The van der Waals surface area contributed by atoms with E-state index in [2.05, 4.69) is 10.6 Å². The molecule has 3 N–H and O–H groups in total. The van der Waals surface area contributed by atoms with E-state index in [-0.39, 0.29) is 13.1 Å². The molecule has 0 aliphatic rings. The van der Waals surface area contributed by atoms with Crippen LogP contribution in [0, 0.1) is 0 Å². The summed E-state index contributed by atoms with van der Waals surface area (Å²) in [5, 5.41) is 15.1. The highest BCUT2D eigenvalue weighted by atomic mass is 16.3. The molecule has 6 nitrogen and oxygen atoms in total. The van der Waals surface area contributed by atoms with Gasteiger partial charge in [-0.3, -0.25) is 9.59 Å². The Morgan fingerprint density at radius 3 is 2.16 bits per heavy atom. The van der Waals surface area contributed by atoms with Gasteiger partial charge in [0.25, 0.3) is 0 Å². The molecule has 0 aromatic heterocycles. The molecule has 0 saturated heterocycles. The van der Waals surface area contributed by atoms with Crippen LogP contribution in [0.25, 0.3) is 0 Å². The van der Waals surface area contributed by atoms with Gasteiger partial charge in [-0.15, -0.1) is 0 Å². The summed E-state index contributed by atoms with van der Waals surface area (Å²) in [7, 11) is 3.86. The Labute approximate surface area is 147 Å². The highest BCUT2D eigenvalue weighted by Gasteiger charge is 2.15. The lowest BCUT2D eigenvalue weighted by Gasteiger charge is -2.15. The molecule has 0 unspecified atom stereocenters. The summed E-state index contributed by atoms with van der Waals surface area (Å²) >= 11 is 0. The maximum Gasteiger partial charge on any atom is 0.309 e. The summed E-state index contributed by atoms with van der Waals surface area (Å²) in [5.41, 5.74) is 2.60. The molecule has 2 amide bonds. The number of carbonyl (C=O) groups excluding carboxylic acids is 2. The molecule has 0 fully saturated rings. The van der Waals surface area contributed by atoms with E-state index in [0.717, 1.165) is 11.3 Å². The predicted octanol–water partition coefficient (Wildman–Crippen LogP) is 1.22. The largest absolute Gasteiger partial charge is 0.387 e. The average Bonchev–Trinajstić information content (AvgIpc) is 2.64. The van der Waals surface area contributed by atoms with Gasteiger partial charge in [0.05, 0.1) is 6.10 Å². The van der Waals surface area contributed by atoms with Crippen molar-refractivity contribution in [3.63, 3.8) is 0 Å². The minimum Gasteiger partial charge on any atom is -0.387 e. The van der Waals surface area contributed by atoms with Gasteiger partial charge in [0.1, 0.15) is 0 Å². The highest BCUT2D eigenvalue weighted by Crippen LogP contribution is 2.17. The van der Waals surface area contributed by atoms with Crippen molar-refractivity contribution in [1.29, 1.82) is 0 Å². The fraction of sp³-hybridized carbons (Fsp3) is 0.263. The van der Waals surface area contributed by atoms with E-state index in [1.54, 1.807) is 12.1 Å². The molecule has 0 heterocycles. The van der Waals surface area contributed by atoms with Crippen molar-refractivity contribution in [2.45, 2.75) is 12.6 Å². The summed E-state index contributed by atoms with van der Waals surface area (Å²) in [6, 6.07) is 16.7. The number of nitrogens with zero attached hydrogens (tertiary/aromatic N) is 1. The molecule has 6 heteroatoms. The molecular weight excluding hydrogens is 318 g/mol. The lowest BCUT2D eigenvalue weighted by molar-refractivity contribution is -0.139. The average molecular weight is 341 g/mol. The topological polar surface area (TPSA) is 81.7 Å². The molecule has 132 valence electrons. The SMILES string of the molecule is CN(C)c1ccc([C@H](O)CNC(=O)C(=O)NCc2ccccc2)cc1. The van der Waals surface area contributed by atoms with Crippen LogP contribution in [0.2, 0.25) is 0 Å². The number of nitrogens with one attached hydrogen (secondary N) is 2. The second-order valence-corrected chi connectivity index (χ2v) is 5.88. The molecule has 2 rings (SSSR count). The van der Waals surface area contributed by atoms with E-state index in [4.69, 9.17) is 0 Å². The van der Waals surface area contributed by atoms with Gasteiger partial charge in [-0.2, -0.15) is 0 Å². The van der Waals surface area contributed by atoms with E-state index in [9.17, 15) is 14.7 Å². The number of aliphatic hydroxyl groups is 1. The number of rotatable bonds is 6. The predicted molar refractivity (Wildman–Crippen MR) is 97.0 cm³/mol. The van der Waals surface area contributed by atoms with Crippen LogP contribution in [0.15, 0.2) is 54.6 Å². The number of benzene rings is 2. The highest BCUT2D eigenvalue weighted by molar-refractivity contribution is 6.35. The molecule has 25 heavy (non-hydrogen) atoms. The summed E-state index contributed by atoms with van der Waals surface area (Å²) in [6.45, 7) is 0.251. The molecule has 1 atom stereocenters. The zero-order valence-electron chi connectivity index (χ0n) is 14.4. The van der Waals surface area contributed by atoms with Gasteiger partial charge in [-0.05, 0) is 23.3 Å². The number of carbonyl (C=O) groups is 2. The summed E-state index contributed by atoms with van der Waals surface area (Å²) < 4.78 is 0. The normalized spacial score (nSPS) is 11.5. The first-order valence-electron chi connectivity index (χ1n) is 8.02. The number of anilines is 1. The Kier molecular flexibility index (Phi) is 6.54. The van der Waals surface area contributed by atoms with Gasteiger partial charge >= 0.3 is 11.8 Å². The molecule has 2 aromatic carbocycles. The number of amides is 2. The van der Waals surface area contributed by atoms with Crippen molar-refractivity contribution in [3.05, 3.63) is 65.7 Å². The molecule has 0 radical (unpaired) electrons. The van der Waals surface area contributed by atoms with Gasteiger partial charge in [-0.1, -0.05) is 42.5 Å². The molecule has 2 aromatic rings. The first-order valence-corrected chi connectivity index (χ1v) is 8.02. The van der Waals surface area contributed by atoms with Crippen LogP contribution in [0.1, 0.15) is 17.2 Å². The molecule has 0 aliphatic carbocycles. The van der Waals surface area contributed by atoms with Gasteiger partial charge in [0.2, 0.25) is 0 Å². The zero-order valence-corrected chi connectivity index (χ0v) is 14.4. The number of hydrogen-bond donors (Lipinski definition) is 3. The van der Waals surface area contributed by atoms with Crippen LogP contribution in [0.3, 0.4) is 0 Å². The van der Waals surface area contributed by atoms with Crippen molar-refractivity contribution in [1.82, 2.24) is 10.6 Å². The minimum atomic E-state index is -0.873. The Morgan fingerprint density at radius 2 is 1.56 bits per heavy atom. The monoisotopic (exact) mass is 341 g/mol. The van der Waals surface area contributed by atoms with Crippen LogP contribution in [-0.2, 0) is 16.1 Å². The van der Waals surface area contributed by atoms with Crippen molar-refractivity contribution in [2.24, 2.45) is 0 Å². The van der Waals surface area contributed by atoms with Crippen LogP contribution >= 0.6 is 0 Å². The van der Waals surface area contributed by atoms with E-state index in [0.29, 0.717) is 5.56 Å². The second-order valence-electron chi connectivity index (χ2n) is 5.88. The van der Waals surface area contributed by atoms with Crippen LogP contribution in [-0.4, -0.2) is 37.6 Å². The molecule has 0 bridgehead atoms. The summed E-state index contributed by atoms with van der Waals surface area (Å²) in [6.07, 6.45) is -0.873. The molecular formula is C19H23N3O3. The fourth-order valence-corrected chi connectivity index (χ4v) is 2.24. The Hall–Kier alpha value is -2.86. The van der Waals surface area contributed by atoms with Crippen LogP contribution in [0.4, 0.5) is 5.69 Å². The maximum absolute atomic E-state index is 11.8. The molecule has 0 aliphatic heterocycles. The van der Waals surface area contributed by atoms with Gasteiger partial charge in [-0.25, -0.2) is 0 Å². The van der Waals surface area contributed by atoms with E-state index >= 15 is 0 Å². The maximum atomic E-state index is 11.8. The number of hydrogen-bond acceptors (Lipinski definition) is 4. The smallest absolute Gasteiger partial charge is 0.309 e. The third kappa shape index (κ3) is 5.61. The van der Waals surface area contributed by atoms with E-state index in [1.807, 2.05) is 61.5 Å². The first kappa shape index (κ1) is 18.5. The minimum absolute atomic E-state index is 0.0289. The quantitative estimate of drug-likeness (QED) is 0.690. The van der Waals surface area contributed by atoms with Gasteiger partial charge in [0, 0.05) is 32.9 Å². The second kappa shape index (κ2) is 8.84.